The zero-order valence-electron chi connectivity index (χ0n) is 54.2. The van der Waals surface area contributed by atoms with Crippen molar-refractivity contribution >= 4 is 70.3 Å². The molecule has 6 aromatic rings. The van der Waals surface area contributed by atoms with E-state index in [0.717, 1.165) is 11.3 Å². The van der Waals surface area contributed by atoms with Gasteiger partial charge < -0.3 is 114 Å². The maximum Gasteiger partial charge on any atom is 0.291 e. The van der Waals surface area contributed by atoms with Crippen molar-refractivity contribution in [3.8, 4) is 5.75 Å². The molecule has 0 fully saturated rings. The lowest BCUT2D eigenvalue weighted by Gasteiger charge is -2.09. The summed E-state index contributed by atoms with van der Waals surface area (Å²) in [5, 5.41) is 21.3. The van der Waals surface area contributed by atoms with Crippen LogP contribution in [0.2, 0.25) is 0 Å². The van der Waals surface area contributed by atoms with Crippen molar-refractivity contribution in [3.05, 3.63) is 108 Å². The van der Waals surface area contributed by atoms with Crippen molar-refractivity contribution < 1.29 is 81.0 Å². The molecule has 1 aromatic carbocycles. The molecule has 518 valence electrons. The first-order chi connectivity index (χ1) is 46.0. The van der Waals surface area contributed by atoms with Crippen LogP contribution in [0.15, 0.2) is 73.6 Å². The van der Waals surface area contributed by atoms with Crippen molar-refractivity contribution in [2.24, 2.45) is 41.0 Å². The van der Waals surface area contributed by atoms with Gasteiger partial charge in [-0.2, -0.15) is 0 Å². The number of nitrogens with zero attached hydrogens (tertiary/aromatic N) is 8. The third kappa shape index (κ3) is 27.2. The number of nitrogens with two attached hydrogens (primary N) is 1. The average molecular weight is 1330 g/mol. The Morgan fingerprint density at radius 3 is 1.21 bits per heavy atom. The fourth-order valence-corrected chi connectivity index (χ4v) is 8.62. The fraction of sp³-hybridized carbons (Fsp3) is 0.492. The standard InChI is InChI=1S/C61H87N17O17/c1-74-18-16-64-54(74)60(85)68-44-36-47(75(2)39-44)57(82)65-15-12-53(81)71-50-42-78(5)56(73-50)61(86)69-45-37-48(76(3)40-45)58(83)66-14-11-52(80)70-49-41-77(4)55(72-49)59(84)67-13-10-51(79)63-17-19-87-20-21-88-22-23-89-24-25-90-26-27-91-28-29-92-30-31-93-32-33-94-34-35-95-46-8-6-43(38-62)7-9-46/h6-9,16,18,36-37,39-42H,10-15,17,19-35,38,62H2,1-5H3,(H,63,79)(H,65,82)(H,66,83)(H,67,84)(H,68,85)(H,69,86)(H,70,80)(H,71,81). The van der Waals surface area contributed by atoms with Gasteiger partial charge in [0.05, 0.1) is 117 Å². The van der Waals surface area contributed by atoms with Crippen LogP contribution in [0.5, 0.6) is 5.75 Å². The van der Waals surface area contributed by atoms with Gasteiger partial charge in [-0.1, -0.05) is 12.1 Å². The Balaban J connectivity index is 0.709. The highest BCUT2D eigenvalue weighted by Gasteiger charge is 2.21. The molecule has 0 radical (unpaired) electrons. The van der Waals surface area contributed by atoms with Crippen molar-refractivity contribution in [2.75, 3.05) is 160 Å². The first kappa shape index (κ1) is 74.6. The van der Waals surface area contributed by atoms with E-state index in [1.807, 2.05) is 24.3 Å². The molecule has 0 aliphatic heterocycles. The van der Waals surface area contributed by atoms with Crippen LogP contribution in [-0.4, -0.2) is 224 Å². The van der Waals surface area contributed by atoms with Crippen LogP contribution in [0.1, 0.15) is 77.7 Å². The predicted molar refractivity (Wildman–Crippen MR) is 344 cm³/mol. The van der Waals surface area contributed by atoms with E-state index in [4.69, 9.17) is 48.4 Å². The lowest BCUT2D eigenvalue weighted by Crippen LogP contribution is -2.33. The average Bonchev–Trinajstić information content (AvgIpc) is 1.78. The number of aryl methyl sites for hydroxylation is 5. The molecule has 5 heterocycles. The number of hydrogen-bond acceptors (Lipinski definition) is 21. The number of imidazole rings is 3. The van der Waals surface area contributed by atoms with Gasteiger partial charge in [0.25, 0.3) is 29.5 Å². The molecule has 8 amide bonds. The smallest absolute Gasteiger partial charge is 0.291 e. The third-order valence-electron chi connectivity index (χ3n) is 13.5. The molecule has 0 saturated heterocycles. The number of rotatable bonds is 47. The Hall–Kier alpha value is -9.39. The highest BCUT2D eigenvalue weighted by Crippen LogP contribution is 2.18. The summed E-state index contributed by atoms with van der Waals surface area (Å²) in [5.41, 5.74) is 7.72. The fourth-order valence-electron chi connectivity index (χ4n) is 8.62. The summed E-state index contributed by atoms with van der Waals surface area (Å²) in [5.74, 6) is -2.81. The number of carbonyl (C=O) groups is 8. The molecular weight excluding hydrogens is 1240 g/mol. The molecule has 0 atom stereocenters. The van der Waals surface area contributed by atoms with Gasteiger partial charge in [0, 0.05) is 124 Å². The van der Waals surface area contributed by atoms with Crippen molar-refractivity contribution in [2.45, 2.75) is 25.8 Å². The number of carbonyl (C=O) groups excluding carboxylic acids is 8. The molecule has 0 spiro atoms. The molecular formula is C61H87N17O17. The molecule has 0 saturated carbocycles. The van der Waals surface area contributed by atoms with Gasteiger partial charge in [0.2, 0.25) is 29.4 Å². The second-order valence-corrected chi connectivity index (χ2v) is 20.9. The van der Waals surface area contributed by atoms with Gasteiger partial charge in [-0.3, -0.25) is 38.4 Å². The van der Waals surface area contributed by atoms with E-state index in [1.54, 1.807) is 52.2 Å². The number of amides is 8. The summed E-state index contributed by atoms with van der Waals surface area (Å²) in [6.07, 6.45) is 8.84. The van der Waals surface area contributed by atoms with E-state index in [1.165, 1.54) is 55.2 Å². The quantitative estimate of drug-likeness (QED) is 0.0235. The topological polar surface area (TPSA) is 405 Å². The lowest BCUT2D eigenvalue weighted by atomic mass is 10.2. The minimum absolute atomic E-state index is 0.00368. The second kappa shape index (κ2) is 41.3. The summed E-state index contributed by atoms with van der Waals surface area (Å²) >= 11 is 0. The molecule has 34 heteroatoms. The minimum atomic E-state index is -0.637. The summed E-state index contributed by atoms with van der Waals surface area (Å²) in [6.45, 7) is 7.87. The van der Waals surface area contributed by atoms with Gasteiger partial charge in [-0.05, 0) is 29.8 Å². The molecule has 34 nitrogen and oxygen atoms in total. The molecule has 95 heavy (non-hydrogen) atoms. The maximum atomic E-state index is 13.3. The van der Waals surface area contributed by atoms with E-state index in [2.05, 4.69) is 57.5 Å². The van der Waals surface area contributed by atoms with Crippen molar-refractivity contribution in [1.29, 1.82) is 0 Å². The number of ether oxygens (including phenoxy) is 9. The van der Waals surface area contributed by atoms with Gasteiger partial charge >= 0.3 is 0 Å². The zero-order valence-corrected chi connectivity index (χ0v) is 54.2. The summed E-state index contributed by atoms with van der Waals surface area (Å²) < 4.78 is 57.1. The first-order valence-corrected chi connectivity index (χ1v) is 30.7. The molecule has 6 rings (SSSR count). The Labute approximate surface area is 548 Å². The minimum Gasteiger partial charge on any atom is -0.491 e. The van der Waals surface area contributed by atoms with Crippen LogP contribution in [0.25, 0.3) is 0 Å². The van der Waals surface area contributed by atoms with Crippen LogP contribution < -0.4 is 53.0 Å². The normalized spacial score (nSPS) is 11.1. The Morgan fingerprint density at radius 1 is 0.400 bits per heavy atom. The van der Waals surface area contributed by atoms with E-state index >= 15 is 0 Å². The summed E-state index contributed by atoms with van der Waals surface area (Å²) in [6, 6.07) is 10.6. The van der Waals surface area contributed by atoms with Crippen molar-refractivity contribution in [3.63, 3.8) is 0 Å². The lowest BCUT2D eigenvalue weighted by molar-refractivity contribution is -0.121. The van der Waals surface area contributed by atoms with E-state index in [-0.39, 0.29) is 104 Å². The van der Waals surface area contributed by atoms with Crippen LogP contribution >= 0.6 is 0 Å². The van der Waals surface area contributed by atoms with Gasteiger partial charge in [0.1, 0.15) is 23.7 Å². The van der Waals surface area contributed by atoms with Crippen LogP contribution in [0, 0.1) is 0 Å². The van der Waals surface area contributed by atoms with Crippen LogP contribution in [0.4, 0.5) is 23.0 Å². The van der Waals surface area contributed by atoms with Gasteiger partial charge in [0.15, 0.2) is 17.5 Å². The van der Waals surface area contributed by atoms with Gasteiger partial charge in [-0.25, -0.2) is 15.0 Å². The van der Waals surface area contributed by atoms with Crippen molar-refractivity contribution in [1.82, 2.24) is 59.1 Å². The first-order valence-electron chi connectivity index (χ1n) is 30.7. The summed E-state index contributed by atoms with van der Waals surface area (Å²) in [4.78, 5) is 115. The Kier molecular flexibility index (Phi) is 32.5. The van der Waals surface area contributed by atoms with Crippen LogP contribution in [0.3, 0.4) is 0 Å². The number of anilines is 4. The molecule has 0 aliphatic carbocycles. The number of hydrogen-bond donors (Lipinski definition) is 9. The van der Waals surface area contributed by atoms with E-state index in [9.17, 15) is 38.4 Å². The predicted octanol–water partition coefficient (Wildman–Crippen LogP) is 0.492. The Bertz CT molecular complexity index is 3390. The summed E-state index contributed by atoms with van der Waals surface area (Å²) in [7, 11) is 8.05. The number of benzene rings is 1. The number of nitrogens with one attached hydrogen (secondary N) is 8. The second-order valence-electron chi connectivity index (χ2n) is 20.9. The highest BCUT2D eigenvalue weighted by molar-refractivity contribution is 6.04. The molecule has 0 bridgehead atoms. The van der Waals surface area contributed by atoms with Crippen LogP contribution in [-0.2, 0) is 94.1 Å². The highest BCUT2D eigenvalue weighted by atomic mass is 16.6. The number of aromatic nitrogens is 8. The van der Waals surface area contributed by atoms with E-state index < -0.39 is 41.4 Å². The van der Waals surface area contributed by atoms with Gasteiger partial charge in [-0.15, -0.1) is 0 Å². The SMILES string of the molecule is Cn1cc(NC(=O)c2nc(NC(=O)CCNC(=O)c3cc(NC(=O)c4nccn4C)cn3C)cn2C)cc1C(=O)NCCC(=O)Nc1cn(C)c(C(=O)NCCC(=O)NCCOCCOCCOCCOCCOCCOCCOCCOCCOc2ccc(CN)cc2)n1. The monoisotopic (exact) mass is 1330 g/mol. The molecule has 10 N–H and O–H groups in total. The molecule has 0 unspecified atom stereocenters. The maximum absolute atomic E-state index is 13.3. The third-order valence-corrected chi connectivity index (χ3v) is 13.5. The Morgan fingerprint density at radius 2 is 0.789 bits per heavy atom. The zero-order chi connectivity index (χ0) is 68.2. The molecule has 0 aliphatic rings. The largest absolute Gasteiger partial charge is 0.491 e. The molecule has 5 aromatic heterocycles. The van der Waals surface area contributed by atoms with E-state index in [0.29, 0.717) is 118 Å².